The Bertz CT molecular complexity index is 1970. The highest BCUT2D eigenvalue weighted by Crippen LogP contribution is 2.38. The fourth-order valence-electron chi connectivity index (χ4n) is 6.34. The number of imidazole rings is 1. The van der Waals surface area contributed by atoms with Gasteiger partial charge in [-0.2, -0.15) is 5.10 Å². The molecule has 0 unspecified atom stereocenters. The van der Waals surface area contributed by atoms with Gasteiger partial charge in [0.2, 0.25) is 0 Å². The molecule has 7 rings (SSSR count). The van der Waals surface area contributed by atoms with Gasteiger partial charge in [0.25, 0.3) is 11.8 Å². The molecule has 2 fully saturated rings. The molecule has 1 saturated heterocycles. The van der Waals surface area contributed by atoms with Crippen molar-refractivity contribution < 1.29 is 14.3 Å². The van der Waals surface area contributed by atoms with Gasteiger partial charge in [0.15, 0.2) is 5.82 Å². The molecule has 3 N–H and O–H groups in total. The van der Waals surface area contributed by atoms with E-state index in [1.54, 1.807) is 42.3 Å². The normalized spacial score (nSPS) is 18.0. The predicted molar refractivity (Wildman–Crippen MR) is 174 cm³/mol. The number of amides is 2. The van der Waals surface area contributed by atoms with Crippen LogP contribution in [0.1, 0.15) is 58.6 Å². The molecule has 5 heterocycles. The number of aryl methyl sites for hydroxylation is 2. The lowest BCUT2D eigenvalue weighted by atomic mass is 10.1. The molecule has 13 nitrogen and oxygen atoms in total. The first-order chi connectivity index (χ1) is 22.1. The van der Waals surface area contributed by atoms with Gasteiger partial charge in [-0.3, -0.25) is 19.3 Å². The maximum atomic E-state index is 13.7. The number of pyridine rings is 1. The van der Waals surface area contributed by atoms with Crippen molar-refractivity contribution >= 4 is 33.9 Å². The van der Waals surface area contributed by atoms with Crippen molar-refractivity contribution in [2.24, 2.45) is 25.7 Å². The molecule has 0 radical (unpaired) electrons. The van der Waals surface area contributed by atoms with E-state index in [9.17, 15) is 9.59 Å². The van der Waals surface area contributed by atoms with Crippen LogP contribution in [0.5, 0.6) is 5.75 Å². The van der Waals surface area contributed by atoms with Crippen LogP contribution in [0.15, 0.2) is 42.7 Å². The topological polar surface area (TPSA) is 141 Å². The number of hydrazine groups is 1. The molecule has 13 heteroatoms. The quantitative estimate of drug-likeness (QED) is 0.268. The van der Waals surface area contributed by atoms with E-state index in [2.05, 4.69) is 27.1 Å². The Balaban J connectivity index is 1.27. The van der Waals surface area contributed by atoms with Gasteiger partial charge in [-0.25, -0.2) is 15.0 Å². The number of hydrogen-bond donors (Lipinski definition) is 2. The summed E-state index contributed by atoms with van der Waals surface area (Å²) in [6.07, 6.45) is 6.44. The zero-order valence-corrected chi connectivity index (χ0v) is 26.9. The Morgan fingerprint density at radius 1 is 1.09 bits per heavy atom. The van der Waals surface area contributed by atoms with Crippen LogP contribution in [0, 0.1) is 5.92 Å². The van der Waals surface area contributed by atoms with Gasteiger partial charge < -0.3 is 24.9 Å². The second-order valence-electron chi connectivity index (χ2n) is 12.7. The number of benzene rings is 1. The van der Waals surface area contributed by atoms with E-state index in [1.165, 1.54) is 12.8 Å². The minimum atomic E-state index is -0.311. The van der Waals surface area contributed by atoms with Crippen LogP contribution in [0.25, 0.3) is 33.6 Å². The second kappa shape index (κ2) is 11.6. The minimum Gasteiger partial charge on any atom is -0.494 e. The fraction of sp³-hybridized carbons (Fsp3) is 0.424. The first-order valence-corrected chi connectivity index (χ1v) is 15.7. The summed E-state index contributed by atoms with van der Waals surface area (Å²) in [6, 6.07) is 9.40. The van der Waals surface area contributed by atoms with E-state index < -0.39 is 0 Å². The van der Waals surface area contributed by atoms with Crippen LogP contribution >= 0.6 is 0 Å². The van der Waals surface area contributed by atoms with E-state index >= 15 is 0 Å². The van der Waals surface area contributed by atoms with Crippen LogP contribution in [0.3, 0.4) is 0 Å². The molecular formula is C33H40N10O3. The number of carbonyl (C=O) groups is 2. The van der Waals surface area contributed by atoms with Gasteiger partial charge in [0.1, 0.15) is 16.9 Å². The number of fused-ring (bicyclic) bond motifs is 2. The third-order valence-electron chi connectivity index (χ3n) is 9.17. The van der Waals surface area contributed by atoms with Gasteiger partial charge in [-0.05, 0) is 62.4 Å². The average Bonchev–Trinajstić information content (AvgIpc) is 3.50. The number of rotatable bonds is 8. The summed E-state index contributed by atoms with van der Waals surface area (Å²) in [6.45, 7) is 3.93. The molecule has 1 aliphatic carbocycles. The summed E-state index contributed by atoms with van der Waals surface area (Å²) < 4.78 is 11.7. The Morgan fingerprint density at radius 2 is 1.89 bits per heavy atom. The van der Waals surface area contributed by atoms with Crippen molar-refractivity contribution in [1.29, 1.82) is 0 Å². The van der Waals surface area contributed by atoms with Crippen LogP contribution in [0.2, 0.25) is 0 Å². The molecule has 46 heavy (non-hydrogen) atoms. The number of aromatic nitrogens is 6. The zero-order chi connectivity index (χ0) is 32.3. The number of nitrogens with one attached hydrogen (secondary N) is 1. The Morgan fingerprint density at radius 3 is 2.61 bits per heavy atom. The lowest BCUT2D eigenvalue weighted by Crippen LogP contribution is -2.55. The zero-order valence-electron chi connectivity index (χ0n) is 26.9. The molecule has 0 spiro atoms. The van der Waals surface area contributed by atoms with E-state index in [-0.39, 0.29) is 23.9 Å². The number of ether oxygens (including phenoxy) is 1. The van der Waals surface area contributed by atoms with Gasteiger partial charge in [0.05, 0.1) is 48.4 Å². The summed E-state index contributed by atoms with van der Waals surface area (Å²) in [5.41, 5.74) is 11.2. The maximum Gasteiger partial charge on any atom is 0.268 e. The number of nitrogens with zero attached hydrogens (tertiary/aromatic N) is 8. The van der Waals surface area contributed by atoms with Crippen molar-refractivity contribution in [3.8, 4) is 17.3 Å². The van der Waals surface area contributed by atoms with Crippen LogP contribution in [0.4, 0.5) is 0 Å². The number of methoxy groups -OCH3 is 1. The average molecular weight is 625 g/mol. The summed E-state index contributed by atoms with van der Waals surface area (Å²) in [7, 11) is 7.28. The summed E-state index contributed by atoms with van der Waals surface area (Å²) in [4.78, 5) is 36.7. The summed E-state index contributed by atoms with van der Waals surface area (Å²) >= 11 is 0. The summed E-state index contributed by atoms with van der Waals surface area (Å²) in [5.74, 6) is 1.58. The first-order valence-electron chi connectivity index (χ1n) is 15.7. The highest BCUT2D eigenvalue weighted by molar-refractivity contribution is 6.00. The number of carbonyl (C=O) groups excluding carboxylic acids is 2. The number of hydrogen-bond acceptors (Lipinski definition) is 8. The predicted octanol–water partition coefficient (Wildman–Crippen LogP) is 3.25. The smallest absolute Gasteiger partial charge is 0.268 e. The van der Waals surface area contributed by atoms with Crippen molar-refractivity contribution in [3.05, 3.63) is 59.5 Å². The van der Waals surface area contributed by atoms with E-state index in [4.69, 9.17) is 20.4 Å². The van der Waals surface area contributed by atoms with Crippen LogP contribution in [-0.2, 0) is 20.6 Å². The van der Waals surface area contributed by atoms with Crippen molar-refractivity contribution in [2.45, 2.75) is 44.8 Å². The molecule has 240 valence electrons. The SMILES string of the molecule is COc1cc(C(=O)N2C[C@H](N)CCN2C)cc2nc(-c3cc4ccc([C@@H](C)NC(=O)c5cnn(C)c5)nc4n3CC3CC3)n(C)c12. The molecule has 5 aromatic rings. The van der Waals surface area contributed by atoms with E-state index in [0.29, 0.717) is 34.9 Å². The maximum absolute atomic E-state index is 13.7. The molecule has 2 aliphatic rings. The Labute approximate surface area is 266 Å². The largest absolute Gasteiger partial charge is 0.494 e. The lowest BCUT2D eigenvalue weighted by molar-refractivity contribution is -0.0168. The third kappa shape index (κ3) is 5.39. The highest BCUT2D eigenvalue weighted by Gasteiger charge is 2.30. The minimum absolute atomic E-state index is 0.0600. The summed E-state index contributed by atoms with van der Waals surface area (Å²) in [5, 5.41) is 11.8. The Hall–Kier alpha value is -4.75. The molecular weight excluding hydrogens is 584 g/mol. The molecule has 0 bridgehead atoms. The molecule has 1 aliphatic heterocycles. The number of nitrogens with two attached hydrogens (primary N) is 1. The van der Waals surface area contributed by atoms with Gasteiger partial charge in [-0.1, -0.05) is 0 Å². The van der Waals surface area contributed by atoms with E-state index in [0.717, 1.165) is 53.3 Å². The molecule has 2 amide bonds. The second-order valence-corrected chi connectivity index (χ2v) is 12.7. The lowest BCUT2D eigenvalue weighted by Gasteiger charge is -2.38. The third-order valence-corrected chi connectivity index (χ3v) is 9.17. The first kappa shape index (κ1) is 29.9. The van der Waals surface area contributed by atoms with Gasteiger partial charge in [0, 0.05) is 57.4 Å². The molecule has 4 aromatic heterocycles. The van der Waals surface area contributed by atoms with Gasteiger partial charge >= 0.3 is 0 Å². The van der Waals surface area contributed by atoms with Crippen molar-refractivity contribution in [1.82, 2.24) is 44.2 Å². The molecule has 2 atom stereocenters. The molecule has 1 saturated carbocycles. The monoisotopic (exact) mass is 624 g/mol. The van der Waals surface area contributed by atoms with Gasteiger partial charge in [-0.15, -0.1) is 0 Å². The van der Waals surface area contributed by atoms with Crippen molar-refractivity contribution in [2.75, 3.05) is 27.2 Å². The standard InChI is InChI=1S/C33H40N10O3/c1-19(36-32(44)23-15-35-39(2)17-23)25-9-8-21-13-27(42(30(21)37-25)16-20-6-7-20)31-38-26-12-22(14-28(46-5)29(26)41(31)4)33(45)43-18-24(34)10-11-40(43)3/h8-9,12-15,17,19-20,24H,6-7,10-11,16,18,34H2,1-5H3,(H,36,44)/t19-,24-/m1/s1. The molecule has 1 aromatic carbocycles. The Kier molecular flexibility index (Phi) is 7.52. The highest BCUT2D eigenvalue weighted by atomic mass is 16.5. The van der Waals surface area contributed by atoms with E-state index in [1.807, 2.05) is 42.7 Å². The van der Waals surface area contributed by atoms with Crippen LogP contribution in [-0.4, -0.2) is 84.0 Å². The van der Waals surface area contributed by atoms with Crippen LogP contribution < -0.4 is 15.8 Å². The van der Waals surface area contributed by atoms with Crippen molar-refractivity contribution in [3.63, 3.8) is 0 Å². The fourth-order valence-corrected chi connectivity index (χ4v) is 6.34.